The number of nitrogens with zero attached hydrogens (tertiary/aromatic N) is 2. The molecule has 1 aliphatic rings. The van der Waals surface area contributed by atoms with Gasteiger partial charge in [0.15, 0.2) is 5.82 Å². The summed E-state index contributed by atoms with van der Waals surface area (Å²) in [7, 11) is 1.55. The molecule has 2 rings (SSSR count). The Hall–Kier alpha value is -0.980. The van der Waals surface area contributed by atoms with Crippen LogP contribution >= 0.6 is 0 Å². The summed E-state index contributed by atoms with van der Waals surface area (Å²) in [5.74, 6) is 1.10. The number of aromatic nitrogens is 1. The summed E-state index contributed by atoms with van der Waals surface area (Å²) in [4.78, 5) is 4.34. The Labute approximate surface area is 90.5 Å². The van der Waals surface area contributed by atoms with Gasteiger partial charge in [0.2, 0.25) is 0 Å². The van der Waals surface area contributed by atoms with Crippen LogP contribution in [0.25, 0.3) is 0 Å². The van der Waals surface area contributed by atoms with Gasteiger partial charge in [-0.25, -0.2) is 10.0 Å². The Balaban J connectivity index is 2.12. The molecule has 0 aromatic carbocycles. The van der Waals surface area contributed by atoms with Gasteiger partial charge in [-0.3, -0.25) is 4.55 Å². The molecule has 1 atom stereocenters. The van der Waals surface area contributed by atoms with Crippen molar-refractivity contribution in [1.82, 2.24) is 4.98 Å². The fourth-order valence-electron chi connectivity index (χ4n) is 1.36. The van der Waals surface area contributed by atoms with Crippen LogP contribution in [0.4, 0.5) is 5.82 Å². The number of hydroxylamine groups is 1. The van der Waals surface area contributed by atoms with Crippen LogP contribution in [0.3, 0.4) is 0 Å². The van der Waals surface area contributed by atoms with Crippen LogP contribution in [0.2, 0.25) is 0 Å². The van der Waals surface area contributed by atoms with E-state index in [1.54, 1.807) is 13.1 Å². The van der Waals surface area contributed by atoms with E-state index in [0.29, 0.717) is 11.7 Å². The van der Waals surface area contributed by atoms with Crippen molar-refractivity contribution in [2.75, 3.05) is 12.1 Å². The quantitative estimate of drug-likeness (QED) is 0.624. The average molecular weight is 228 g/mol. The summed E-state index contributed by atoms with van der Waals surface area (Å²) >= 11 is -2.31. The minimum absolute atomic E-state index is 0.543. The fourth-order valence-corrected chi connectivity index (χ4v) is 1.62. The van der Waals surface area contributed by atoms with Gasteiger partial charge in [-0.1, -0.05) is 6.07 Å². The van der Waals surface area contributed by atoms with Crippen molar-refractivity contribution in [2.45, 2.75) is 18.8 Å². The molecule has 1 saturated carbocycles. The van der Waals surface area contributed by atoms with Crippen LogP contribution in [0.5, 0.6) is 0 Å². The second-order valence-electron chi connectivity index (χ2n) is 3.48. The molecule has 1 aromatic rings. The van der Waals surface area contributed by atoms with E-state index in [9.17, 15) is 4.21 Å². The smallest absolute Gasteiger partial charge is 0.282 e. The first-order chi connectivity index (χ1) is 7.16. The zero-order valence-corrected chi connectivity index (χ0v) is 9.11. The van der Waals surface area contributed by atoms with Crippen LogP contribution < -0.4 is 5.06 Å². The van der Waals surface area contributed by atoms with E-state index in [2.05, 4.69) is 9.27 Å². The highest BCUT2D eigenvalue weighted by molar-refractivity contribution is 7.74. The molecule has 0 saturated heterocycles. The first-order valence-corrected chi connectivity index (χ1v) is 5.70. The molecule has 0 amide bonds. The Kier molecular flexibility index (Phi) is 2.99. The maximum absolute atomic E-state index is 10.4. The number of hydrogen-bond acceptors (Lipinski definition) is 4. The SMILES string of the molecule is CN(OS(=O)O)c1cccc(C2CC2)n1. The largest absolute Gasteiger partial charge is 0.325 e. The van der Waals surface area contributed by atoms with Gasteiger partial charge in [-0.2, -0.15) is 4.21 Å². The molecular weight excluding hydrogens is 216 g/mol. The molecule has 6 heteroatoms. The molecule has 0 spiro atoms. The number of pyridine rings is 1. The highest BCUT2D eigenvalue weighted by Crippen LogP contribution is 2.39. The number of anilines is 1. The molecule has 0 radical (unpaired) electrons. The lowest BCUT2D eigenvalue weighted by Gasteiger charge is -2.14. The normalized spacial score (nSPS) is 17.5. The van der Waals surface area contributed by atoms with Gasteiger partial charge in [-0.15, -0.1) is 4.28 Å². The standard InChI is InChI=1S/C9H12N2O3S/c1-11(14-15(12)13)9-4-2-3-8(10-9)7-5-6-7/h2-4,7H,5-6H2,1H3,(H,12,13). The van der Waals surface area contributed by atoms with Crippen molar-refractivity contribution in [2.24, 2.45) is 0 Å². The predicted octanol–water partition coefficient (Wildman–Crippen LogP) is 1.46. The van der Waals surface area contributed by atoms with Crippen LogP contribution in [0, 0.1) is 0 Å². The van der Waals surface area contributed by atoms with E-state index >= 15 is 0 Å². The molecule has 0 aliphatic heterocycles. The van der Waals surface area contributed by atoms with Crippen LogP contribution in [0.1, 0.15) is 24.5 Å². The molecule has 82 valence electrons. The van der Waals surface area contributed by atoms with E-state index in [-0.39, 0.29) is 0 Å². The third kappa shape index (κ3) is 2.74. The molecule has 1 N–H and O–H groups in total. The second kappa shape index (κ2) is 4.26. The zero-order chi connectivity index (χ0) is 10.8. The number of rotatable bonds is 4. The maximum atomic E-state index is 10.4. The average Bonchev–Trinajstić information content (AvgIpc) is 3.00. The van der Waals surface area contributed by atoms with Crippen molar-refractivity contribution < 1.29 is 13.0 Å². The topological polar surface area (TPSA) is 62.7 Å². The Morgan fingerprint density at radius 3 is 2.93 bits per heavy atom. The molecule has 15 heavy (non-hydrogen) atoms. The summed E-state index contributed by atoms with van der Waals surface area (Å²) in [6, 6.07) is 5.57. The van der Waals surface area contributed by atoms with Crippen LogP contribution in [-0.2, 0) is 15.6 Å². The highest BCUT2D eigenvalue weighted by Gasteiger charge is 2.25. The molecule has 1 fully saturated rings. The molecule has 1 heterocycles. The number of hydrogen-bond donors (Lipinski definition) is 1. The van der Waals surface area contributed by atoms with E-state index in [1.807, 2.05) is 12.1 Å². The fraction of sp³-hybridized carbons (Fsp3) is 0.444. The molecule has 5 nitrogen and oxygen atoms in total. The van der Waals surface area contributed by atoms with E-state index in [4.69, 9.17) is 4.55 Å². The molecular formula is C9H12N2O3S. The van der Waals surface area contributed by atoms with Crippen molar-refractivity contribution in [3.63, 3.8) is 0 Å². The highest BCUT2D eigenvalue weighted by atomic mass is 32.2. The summed E-state index contributed by atoms with van der Waals surface area (Å²) < 4.78 is 23.6. The minimum atomic E-state index is -2.31. The summed E-state index contributed by atoms with van der Waals surface area (Å²) in [6.07, 6.45) is 2.35. The summed E-state index contributed by atoms with van der Waals surface area (Å²) in [5, 5.41) is 1.20. The Morgan fingerprint density at radius 2 is 2.33 bits per heavy atom. The van der Waals surface area contributed by atoms with Crippen molar-refractivity contribution in [3.05, 3.63) is 23.9 Å². The monoisotopic (exact) mass is 228 g/mol. The van der Waals surface area contributed by atoms with Gasteiger partial charge < -0.3 is 0 Å². The van der Waals surface area contributed by atoms with Gasteiger partial charge in [0.25, 0.3) is 0 Å². The zero-order valence-electron chi connectivity index (χ0n) is 8.29. The van der Waals surface area contributed by atoms with Crippen LogP contribution in [-0.4, -0.2) is 20.8 Å². The predicted molar refractivity (Wildman–Crippen MR) is 56.5 cm³/mol. The molecule has 1 aromatic heterocycles. The van der Waals surface area contributed by atoms with Gasteiger partial charge in [0.1, 0.15) is 0 Å². The van der Waals surface area contributed by atoms with E-state index in [0.717, 1.165) is 5.69 Å². The van der Waals surface area contributed by atoms with Crippen molar-refractivity contribution in [1.29, 1.82) is 0 Å². The third-order valence-electron chi connectivity index (χ3n) is 2.25. The van der Waals surface area contributed by atoms with Gasteiger partial charge in [0.05, 0.1) is 0 Å². The lowest BCUT2D eigenvalue weighted by Crippen LogP contribution is -2.20. The van der Waals surface area contributed by atoms with Gasteiger partial charge >= 0.3 is 11.4 Å². The van der Waals surface area contributed by atoms with E-state index < -0.39 is 11.4 Å². The molecule has 1 unspecified atom stereocenters. The van der Waals surface area contributed by atoms with Crippen molar-refractivity contribution in [3.8, 4) is 0 Å². The first kappa shape index (κ1) is 10.5. The molecule has 0 bridgehead atoms. The Morgan fingerprint density at radius 1 is 1.60 bits per heavy atom. The second-order valence-corrected chi connectivity index (χ2v) is 4.07. The first-order valence-electron chi connectivity index (χ1n) is 4.67. The van der Waals surface area contributed by atoms with Crippen LogP contribution in [0.15, 0.2) is 18.2 Å². The maximum Gasteiger partial charge on any atom is 0.325 e. The van der Waals surface area contributed by atoms with Gasteiger partial charge in [-0.05, 0) is 25.0 Å². The third-order valence-corrected chi connectivity index (χ3v) is 2.60. The van der Waals surface area contributed by atoms with Gasteiger partial charge in [0, 0.05) is 18.7 Å². The lowest BCUT2D eigenvalue weighted by molar-refractivity contribution is 0.292. The summed E-state index contributed by atoms with van der Waals surface area (Å²) in [6.45, 7) is 0. The summed E-state index contributed by atoms with van der Waals surface area (Å²) in [5.41, 5.74) is 1.02. The van der Waals surface area contributed by atoms with E-state index in [1.165, 1.54) is 17.9 Å². The molecule has 1 aliphatic carbocycles. The Bertz CT molecular complexity index is 381. The van der Waals surface area contributed by atoms with Crippen molar-refractivity contribution >= 4 is 17.2 Å². The minimum Gasteiger partial charge on any atom is -0.282 e. The lowest BCUT2D eigenvalue weighted by atomic mass is 10.2.